The number of benzene rings is 3. The smallest absolute Gasteiger partial charge is 0.247 e. The molecule has 3 atom stereocenters. The first kappa shape index (κ1) is 32.2. The van der Waals surface area contributed by atoms with E-state index >= 15 is 0 Å². The molecule has 0 radical (unpaired) electrons. The first-order valence-corrected chi connectivity index (χ1v) is 15.0. The molecule has 0 saturated heterocycles. The zero-order chi connectivity index (χ0) is 30.9. The van der Waals surface area contributed by atoms with E-state index in [-0.39, 0.29) is 38.4 Å². The molecule has 1 aliphatic carbocycles. The van der Waals surface area contributed by atoms with E-state index in [4.69, 9.17) is 9.47 Å². The van der Waals surface area contributed by atoms with Crippen molar-refractivity contribution < 1.29 is 34.1 Å². The number of rotatable bonds is 12. The Bertz CT molecular complexity index is 1460. The molecule has 10 heteroatoms. The standard InChI is InChI=1S/C33H35IN2O7/c1-21-8-10-23(11-9-21)19-36(30(39)16-22-6-4-3-5-7-22)27-17-25(33(41)35-12-13-37)18-28(31(27)40)43-32-26(34)14-24(20-38)15-29(32)42-2/h3-11,14-15,18,20,27-28,31,37,40H,12-13,16-17,19H2,1-2H3,(H,35,41)/t27-,28+,31+/m1/s1. The second-order valence-electron chi connectivity index (χ2n) is 10.3. The fraction of sp³-hybridized carbons (Fsp3) is 0.303. The summed E-state index contributed by atoms with van der Waals surface area (Å²) in [5.41, 5.74) is 3.48. The molecule has 0 unspecified atom stereocenters. The van der Waals surface area contributed by atoms with Crippen LogP contribution in [0.15, 0.2) is 78.4 Å². The third kappa shape index (κ3) is 8.21. The van der Waals surface area contributed by atoms with Gasteiger partial charge in [0.05, 0.1) is 29.7 Å². The fourth-order valence-corrected chi connectivity index (χ4v) is 5.74. The molecule has 1 aliphatic rings. The van der Waals surface area contributed by atoms with Crippen molar-refractivity contribution in [3.8, 4) is 11.5 Å². The Morgan fingerprint density at radius 1 is 1.09 bits per heavy atom. The highest BCUT2D eigenvalue weighted by Gasteiger charge is 2.41. The Labute approximate surface area is 264 Å². The number of methoxy groups -OCH3 is 1. The highest BCUT2D eigenvalue weighted by molar-refractivity contribution is 14.1. The number of aliphatic hydroxyl groups excluding tert-OH is 2. The lowest BCUT2D eigenvalue weighted by atomic mass is 9.87. The molecular weight excluding hydrogens is 663 g/mol. The Hall–Kier alpha value is -3.74. The van der Waals surface area contributed by atoms with Gasteiger partial charge in [-0.05, 0) is 58.9 Å². The van der Waals surface area contributed by atoms with Crippen LogP contribution in [0.5, 0.6) is 11.5 Å². The lowest BCUT2D eigenvalue weighted by Crippen LogP contribution is -2.55. The lowest BCUT2D eigenvalue weighted by molar-refractivity contribution is -0.138. The van der Waals surface area contributed by atoms with Crippen LogP contribution >= 0.6 is 22.6 Å². The molecule has 3 aromatic rings. The monoisotopic (exact) mass is 698 g/mol. The van der Waals surface area contributed by atoms with Gasteiger partial charge in [0.2, 0.25) is 11.8 Å². The highest BCUT2D eigenvalue weighted by atomic mass is 127. The van der Waals surface area contributed by atoms with Crippen molar-refractivity contribution in [3.05, 3.63) is 104 Å². The summed E-state index contributed by atoms with van der Waals surface area (Å²) in [5.74, 6) is -0.0532. The number of hydrogen-bond donors (Lipinski definition) is 3. The van der Waals surface area contributed by atoms with Gasteiger partial charge in [-0.1, -0.05) is 60.2 Å². The van der Waals surface area contributed by atoms with Gasteiger partial charge in [0, 0.05) is 30.6 Å². The Morgan fingerprint density at radius 2 is 1.81 bits per heavy atom. The number of halogens is 1. The quantitative estimate of drug-likeness (QED) is 0.195. The van der Waals surface area contributed by atoms with Crippen LogP contribution in [0.1, 0.15) is 33.5 Å². The van der Waals surface area contributed by atoms with Gasteiger partial charge in [0.1, 0.15) is 18.5 Å². The minimum absolute atomic E-state index is 0.0494. The summed E-state index contributed by atoms with van der Waals surface area (Å²) in [6, 6.07) is 19.5. The van der Waals surface area contributed by atoms with Gasteiger partial charge in [-0.25, -0.2) is 0 Å². The van der Waals surface area contributed by atoms with Crippen molar-refractivity contribution in [2.45, 2.75) is 44.6 Å². The third-order valence-electron chi connectivity index (χ3n) is 7.25. The molecule has 4 rings (SSSR count). The number of nitrogens with zero attached hydrogens (tertiary/aromatic N) is 1. The molecule has 2 amide bonds. The first-order chi connectivity index (χ1) is 20.7. The largest absolute Gasteiger partial charge is 0.493 e. The number of carbonyl (C=O) groups excluding carboxylic acids is 3. The highest BCUT2D eigenvalue weighted by Crippen LogP contribution is 2.37. The molecule has 9 nitrogen and oxygen atoms in total. The predicted octanol–water partition coefficient (Wildman–Crippen LogP) is 3.61. The van der Waals surface area contributed by atoms with Gasteiger partial charge in [-0.3, -0.25) is 14.4 Å². The van der Waals surface area contributed by atoms with Crippen LogP contribution in [-0.2, 0) is 22.6 Å². The molecule has 43 heavy (non-hydrogen) atoms. The van der Waals surface area contributed by atoms with Gasteiger partial charge in [0.15, 0.2) is 11.5 Å². The minimum Gasteiger partial charge on any atom is -0.493 e. The maximum atomic E-state index is 13.9. The Balaban J connectivity index is 1.74. The number of carbonyl (C=O) groups is 3. The molecule has 0 saturated carbocycles. The van der Waals surface area contributed by atoms with Gasteiger partial charge in [-0.2, -0.15) is 0 Å². The van der Waals surface area contributed by atoms with Crippen LogP contribution in [0.3, 0.4) is 0 Å². The molecule has 3 N–H and O–H groups in total. The number of aliphatic hydroxyl groups is 2. The van der Waals surface area contributed by atoms with Gasteiger partial charge in [-0.15, -0.1) is 0 Å². The van der Waals surface area contributed by atoms with Crippen LogP contribution < -0.4 is 14.8 Å². The van der Waals surface area contributed by atoms with E-state index in [1.54, 1.807) is 17.0 Å². The molecule has 3 aromatic carbocycles. The molecule has 0 heterocycles. The van der Waals surface area contributed by atoms with E-state index in [9.17, 15) is 24.6 Å². The van der Waals surface area contributed by atoms with E-state index in [1.807, 2.05) is 84.1 Å². The van der Waals surface area contributed by atoms with Crippen LogP contribution in [-0.4, -0.2) is 71.7 Å². The number of amides is 2. The van der Waals surface area contributed by atoms with Crippen molar-refractivity contribution in [1.82, 2.24) is 10.2 Å². The normalized spacial score (nSPS) is 17.9. The maximum Gasteiger partial charge on any atom is 0.247 e. The first-order valence-electron chi connectivity index (χ1n) is 13.9. The second-order valence-corrected chi connectivity index (χ2v) is 11.5. The van der Waals surface area contributed by atoms with Crippen LogP contribution in [0.4, 0.5) is 0 Å². The summed E-state index contributed by atoms with van der Waals surface area (Å²) in [5, 5.41) is 23.7. The molecule has 0 spiro atoms. The summed E-state index contributed by atoms with van der Waals surface area (Å²) >= 11 is 2.02. The van der Waals surface area contributed by atoms with Crippen molar-refractivity contribution in [2.24, 2.45) is 0 Å². The molecule has 0 fully saturated rings. The maximum absolute atomic E-state index is 13.9. The average molecular weight is 699 g/mol. The molecular formula is C33H35IN2O7. The summed E-state index contributed by atoms with van der Waals surface area (Å²) in [4.78, 5) is 40.1. The van der Waals surface area contributed by atoms with Gasteiger partial charge < -0.3 is 29.9 Å². The van der Waals surface area contributed by atoms with Crippen LogP contribution in [0.25, 0.3) is 0 Å². The second kappa shape index (κ2) is 15.1. The Morgan fingerprint density at radius 3 is 2.47 bits per heavy atom. The van der Waals surface area contributed by atoms with Crippen molar-refractivity contribution >= 4 is 40.7 Å². The minimum atomic E-state index is -1.22. The van der Waals surface area contributed by atoms with E-state index in [1.165, 1.54) is 13.2 Å². The lowest BCUT2D eigenvalue weighted by Gasteiger charge is -2.41. The van der Waals surface area contributed by atoms with Crippen molar-refractivity contribution in [2.75, 3.05) is 20.3 Å². The van der Waals surface area contributed by atoms with Gasteiger partial charge >= 0.3 is 0 Å². The number of nitrogens with one attached hydrogen (secondary N) is 1. The number of aldehydes is 1. The zero-order valence-corrected chi connectivity index (χ0v) is 26.2. The number of ether oxygens (including phenoxy) is 2. The summed E-state index contributed by atoms with van der Waals surface area (Å²) in [6.45, 7) is 2.00. The SMILES string of the molecule is COc1cc(C=O)cc(I)c1O[C@H]1C=C(C(=O)NCCO)C[C@@H](N(Cc2ccc(C)cc2)C(=O)Cc2ccccc2)[C@@H]1O. The summed E-state index contributed by atoms with van der Waals surface area (Å²) < 4.78 is 12.4. The molecule has 0 bridgehead atoms. The number of aryl methyl sites for hydroxylation is 1. The molecule has 0 aliphatic heterocycles. The topological polar surface area (TPSA) is 125 Å². The van der Waals surface area contributed by atoms with Crippen LogP contribution in [0, 0.1) is 10.5 Å². The van der Waals surface area contributed by atoms with Crippen LogP contribution in [0.2, 0.25) is 0 Å². The third-order valence-corrected chi connectivity index (χ3v) is 8.05. The molecule has 0 aromatic heterocycles. The fourth-order valence-electron chi connectivity index (χ4n) is 4.99. The predicted molar refractivity (Wildman–Crippen MR) is 170 cm³/mol. The Kier molecular flexibility index (Phi) is 11.3. The van der Waals surface area contributed by atoms with E-state index < -0.39 is 24.2 Å². The average Bonchev–Trinajstić information content (AvgIpc) is 3.01. The number of hydrogen-bond acceptors (Lipinski definition) is 7. The van der Waals surface area contributed by atoms with E-state index in [0.717, 1.165) is 16.7 Å². The van der Waals surface area contributed by atoms with E-state index in [0.29, 0.717) is 32.5 Å². The van der Waals surface area contributed by atoms with E-state index in [2.05, 4.69) is 5.32 Å². The van der Waals surface area contributed by atoms with Crippen molar-refractivity contribution in [1.29, 1.82) is 0 Å². The summed E-state index contributed by atoms with van der Waals surface area (Å²) in [7, 11) is 1.45. The summed E-state index contributed by atoms with van der Waals surface area (Å²) in [6.07, 6.45) is 0.168. The van der Waals surface area contributed by atoms with Gasteiger partial charge in [0.25, 0.3) is 0 Å². The van der Waals surface area contributed by atoms with Crippen molar-refractivity contribution in [3.63, 3.8) is 0 Å². The zero-order valence-electron chi connectivity index (χ0n) is 24.0. The molecule has 226 valence electrons.